The molecule has 2 rings (SSSR count). The SMILES string of the molecule is Cc1cc(=O)c(C(=O)N2CCC[C@H](CCN)C2)cn1C. The average Bonchev–Trinajstić information content (AvgIpc) is 2.43. The van der Waals surface area contributed by atoms with Gasteiger partial charge in [0.1, 0.15) is 5.56 Å². The number of aromatic nitrogens is 1. The lowest BCUT2D eigenvalue weighted by Gasteiger charge is -2.32. The summed E-state index contributed by atoms with van der Waals surface area (Å²) in [5, 5.41) is 0. The molecule has 0 aliphatic carbocycles. The summed E-state index contributed by atoms with van der Waals surface area (Å²) in [6.07, 6.45) is 4.69. The molecule has 1 aliphatic rings. The second-order valence-electron chi connectivity index (χ2n) is 5.64. The lowest BCUT2D eigenvalue weighted by molar-refractivity contribution is 0.0667. The number of pyridine rings is 1. The van der Waals surface area contributed by atoms with Gasteiger partial charge in [-0.05, 0) is 38.6 Å². The van der Waals surface area contributed by atoms with Gasteiger partial charge >= 0.3 is 0 Å². The Labute approximate surface area is 119 Å². The Morgan fingerprint density at radius 2 is 2.25 bits per heavy atom. The zero-order valence-corrected chi connectivity index (χ0v) is 12.3. The van der Waals surface area contributed by atoms with Crippen molar-refractivity contribution in [2.75, 3.05) is 19.6 Å². The predicted molar refractivity (Wildman–Crippen MR) is 78.7 cm³/mol. The normalized spacial score (nSPS) is 19.1. The zero-order valence-electron chi connectivity index (χ0n) is 12.3. The molecule has 0 unspecified atom stereocenters. The van der Waals surface area contributed by atoms with E-state index >= 15 is 0 Å². The molecule has 1 atom stereocenters. The quantitative estimate of drug-likeness (QED) is 0.892. The fraction of sp³-hybridized carbons (Fsp3) is 0.600. The lowest BCUT2D eigenvalue weighted by Crippen LogP contribution is -2.42. The van der Waals surface area contributed by atoms with Gasteiger partial charge < -0.3 is 15.2 Å². The Kier molecular flexibility index (Phi) is 4.60. The third kappa shape index (κ3) is 3.10. The summed E-state index contributed by atoms with van der Waals surface area (Å²) in [5.41, 5.74) is 6.53. The number of hydrogen-bond acceptors (Lipinski definition) is 3. The Bertz CT molecular complexity index is 549. The predicted octanol–water partition coefficient (Wildman–Crippen LogP) is 0.895. The molecule has 0 aromatic carbocycles. The molecule has 1 aromatic rings. The summed E-state index contributed by atoms with van der Waals surface area (Å²) in [4.78, 5) is 26.3. The molecule has 0 radical (unpaired) electrons. The van der Waals surface area contributed by atoms with Crippen molar-refractivity contribution >= 4 is 5.91 Å². The number of nitrogens with zero attached hydrogens (tertiary/aromatic N) is 2. The number of carbonyl (C=O) groups is 1. The summed E-state index contributed by atoms with van der Waals surface area (Å²) in [6.45, 7) is 3.96. The van der Waals surface area contributed by atoms with E-state index in [0.29, 0.717) is 19.0 Å². The van der Waals surface area contributed by atoms with Crippen LogP contribution >= 0.6 is 0 Å². The summed E-state index contributed by atoms with van der Waals surface area (Å²) < 4.78 is 1.82. The van der Waals surface area contributed by atoms with Crippen LogP contribution in [0, 0.1) is 12.8 Å². The molecule has 2 N–H and O–H groups in total. The van der Waals surface area contributed by atoms with Gasteiger partial charge in [0.25, 0.3) is 5.91 Å². The van der Waals surface area contributed by atoms with Crippen LogP contribution < -0.4 is 11.2 Å². The van der Waals surface area contributed by atoms with Crippen molar-refractivity contribution in [3.63, 3.8) is 0 Å². The fourth-order valence-corrected chi connectivity index (χ4v) is 2.78. The fourth-order valence-electron chi connectivity index (χ4n) is 2.78. The van der Waals surface area contributed by atoms with Crippen LogP contribution in [-0.2, 0) is 7.05 Å². The molecule has 5 nitrogen and oxygen atoms in total. The van der Waals surface area contributed by atoms with E-state index in [-0.39, 0.29) is 16.9 Å². The van der Waals surface area contributed by atoms with E-state index in [2.05, 4.69) is 0 Å². The number of amides is 1. The maximum absolute atomic E-state index is 12.5. The van der Waals surface area contributed by atoms with Gasteiger partial charge in [-0.2, -0.15) is 0 Å². The van der Waals surface area contributed by atoms with Gasteiger partial charge in [-0.25, -0.2) is 0 Å². The number of aryl methyl sites for hydroxylation is 2. The van der Waals surface area contributed by atoms with E-state index in [4.69, 9.17) is 5.73 Å². The standard InChI is InChI=1S/C15H23N3O2/c1-11-8-14(19)13(10-17(11)2)15(20)18-7-3-4-12(9-18)5-6-16/h8,10,12H,3-7,9,16H2,1-2H3/t12-/m1/s1. The van der Waals surface area contributed by atoms with Crippen molar-refractivity contribution in [3.05, 3.63) is 33.7 Å². The van der Waals surface area contributed by atoms with Crippen molar-refractivity contribution in [2.45, 2.75) is 26.2 Å². The molecular formula is C15H23N3O2. The molecule has 20 heavy (non-hydrogen) atoms. The van der Waals surface area contributed by atoms with E-state index in [9.17, 15) is 9.59 Å². The summed E-state index contributed by atoms with van der Waals surface area (Å²) in [6, 6.07) is 1.52. The van der Waals surface area contributed by atoms with Crippen LogP contribution in [0.25, 0.3) is 0 Å². The molecule has 1 aliphatic heterocycles. The first-order chi connectivity index (χ1) is 9.52. The molecule has 0 saturated carbocycles. The summed E-state index contributed by atoms with van der Waals surface area (Å²) in [7, 11) is 1.85. The van der Waals surface area contributed by atoms with Gasteiger partial charge in [-0.1, -0.05) is 0 Å². The van der Waals surface area contributed by atoms with E-state index in [1.54, 1.807) is 11.1 Å². The van der Waals surface area contributed by atoms with E-state index in [1.807, 2.05) is 18.5 Å². The number of carbonyl (C=O) groups excluding carboxylic acids is 1. The van der Waals surface area contributed by atoms with Crippen molar-refractivity contribution < 1.29 is 4.79 Å². The summed E-state index contributed by atoms with van der Waals surface area (Å²) in [5.74, 6) is 0.319. The molecule has 0 bridgehead atoms. The molecular weight excluding hydrogens is 254 g/mol. The minimum absolute atomic E-state index is 0.146. The first-order valence-electron chi connectivity index (χ1n) is 7.19. The Balaban J connectivity index is 2.19. The second kappa shape index (κ2) is 6.22. The number of rotatable bonds is 3. The van der Waals surface area contributed by atoms with Crippen LogP contribution in [0.15, 0.2) is 17.1 Å². The van der Waals surface area contributed by atoms with Crippen LogP contribution in [0.4, 0.5) is 0 Å². The molecule has 1 amide bonds. The Hall–Kier alpha value is -1.62. The van der Waals surface area contributed by atoms with Crippen LogP contribution in [0.1, 0.15) is 35.3 Å². The largest absolute Gasteiger partial charge is 0.354 e. The highest BCUT2D eigenvalue weighted by atomic mass is 16.2. The first-order valence-corrected chi connectivity index (χ1v) is 7.19. The molecule has 1 fully saturated rings. The van der Waals surface area contributed by atoms with E-state index in [0.717, 1.165) is 31.5 Å². The Morgan fingerprint density at radius 3 is 2.95 bits per heavy atom. The zero-order chi connectivity index (χ0) is 14.7. The van der Waals surface area contributed by atoms with Crippen LogP contribution in [0.5, 0.6) is 0 Å². The number of likely N-dealkylation sites (tertiary alicyclic amines) is 1. The molecule has 110 valence electrons. The Morgan fingerprint density at radius 1 is 1.50 bits per heavy atom. The van der Waals surface area contributed by atoms with Gasteiger partial charge in [-0.15, -0.1) is 0 Å². The van der Waals surface area contributed by atoms with Crippen molar-refractivity contribution in [2.24, 2.45) is 18.7 Å². The molecule has 0 spiro atoms. The number of hydrogen-bond donors (Lipinski definition) is 1. The van der Waals surface area contributed by atoms with Crippen molar-refractivity contribution in [3.8, 4) is 0 Å². The number of piperidine rings is 1. The van der Waals surface area contributed by atoms with Gasteiger partial charge in [0.15, 0.2) is 5.43 Å². The third-order valence-electron chi connectivity index (χ3n) is 4.10. The van der Waals surface area contributed by atoms with E-state index < -0.39 is 0 Å². The monoisotopic (exact) mass is 277 g/mol. The average molecular weight is 277 g/mol. The smallest absolute Gasteiger partial charge is 0.259 e. The van der Waals surface area contributed by atoms with Gasteiger partial charge in [0, 0.05) is 38.1 Å². The maximum Gasteiger partial charge on any atom is 0.259 e. The van der Waals surface area contributed by atoms with Crippen LogP contribution in [-0.4, -0.2) is 35.0 Å². The molecule has 2 heterocycles. The maximum atomic E-state index is 12.5. The van der Waals surface area contributed by atoms with Crippen molar-refractivity contribution in [1.82, 2.24) is 9.47 Å². The second-order valence-corrected chi connectivity index (χ2v) is 5.64. The van der Waals surface area contributed by atoms with Gasteiger partial charge in [0.2, 0.25) is 0 Å². The molecule has 1 aromatic heterocycles. The van der Waals surface area contributed by atoms with Gasteiger partial charge in [-0.3, -0.25) is 9.59 Å². The minimum Gasteiger partial charge on any atom is -0.354 e. The summed E-state index contributed by atoms with van der Waals surface area (Å²) >= 11 is 0. The lowest BCUT2D eigenvalue weighted by atomic mass is 9.94. The van der Waals surface area contributed by atoms with Crippen LogP contribution in [0.3, 0.4) is 0 Å². The highest BCUT2D eigenvalue weighted by Crippen LogP contribution is 2.20. The third-order valence-corrected chi connectivity index (χ3v) is 4.10. The molecule has 1 saturated heterocycles. The van der Waals surface area contributed by atoms with E-state index in [1.165, 1.54) is 6.07 Å². The van der Waals surface area contributed by atoms with Crippen LogP contribution in [0.2, 0.25) is 0 Å². The van der Waals surface area contributed by atoms with Crippen molar-refractivity contribution in [1.29, 1.82) is 0 Å². The molecule has 5 heteroatoms. The highest BCUT2D eigenvalue weighted by molar-refractivity contribution is 5.93. The number of nitrogens with two attached hydrogens (primary N) is 1. The van der Waals surface area contributed by atoms with Gasteiger partial charge in [0.05, 0.1) is 0 Å². The first kappa shape index (κ1) is 14.8. The minimum atomic E-state index is -0.188. The topological polar surface area (TPSA) is 68.3 Å². The highest BCUT2D eigenvalue weighted by Gasteiger charge is 2.25.